The van der Waals surface area contributed by atoms with E-state index in [0.29, 0.717) is 17.6 Å². The zero-order valence-electron chi connectivity index (χ0n) is 14.4. The highest BCUT2D eigenvalue weighted by Crippen LogP contribution is 2.36. The molecule has 1 saturated carbocycles. The summed E-state index contributed by atoms with van der Waals surface area (Å²) >= 11 is 0. The Morgan fingerprint density at radius 1 is 1.36 bits per heavy atom. The van der Waals surface area contributed by atoms with Crippen LogP contribution in [-0.2, 0) is 4.79 Å². The van der Waals surface area contributed by atoms with E-state index in [4.69, 9.17) is 4.52 Å². The van der Waals surface area contributed by atoms with Crippen LogP contribution in [0.5, 0.6) is 0 Å². The molecule has 1 amide bonds. The average Bonchev–Trinajstić information content (AvgIpc) is 3.32. The van der Waals surface area contributed by atoms with E-state index in [1.54, 1.807) is 6.33 Å². The number of nitrogens with zero attached hydrogens (tertiary/aromatic N) is 3. The first-order chi connectivity index (χ1) is 12.1. The molecule has 1 fully saturated rings. The van der Waals surface area contributed by atoms with Crippen LogP contribution >= 0.6 is 0 Å². The third-order valence-electron chi connectivity index (χ3n) is 4.91. The molecule has 2 heterocycles. The van der Waals surface area contributed by atoms with Crippen molar-refractivity contribution in [3.05, 3.63) is 29.9 Å². The maximum Gasteiger partial charge on any atom is 0.249 e. The van der Waals surface area contributed by atoms with Crippen molar-refractivity contribution in [3.63, 3.8) is 0 Å². The third kappa shape index (κ3) is 3.01. The summed E-state index contributed by atoms with van der Waals surface area (Å²) in [5, 5.41) is 7.14. The third-order valence-corrected chi connectivity index (χ3v) is 4.91. The Kier molecular flexibility index (Phi) is 3.99. The SMILES string of the molecule is CC(=O)NC(c1nc(-c2cc(C)c3nc[nH]c3c2)no1)C1CCCC1. The molecule has 1 unspecified atom stereocenters. The molecule has 130 valence electrons. The van der Waals surface area contributed by atoms with Gasteiger partial charge >= 0.3 is 0 Å². The maximum absolute atomic E-state index is 11.6. The first-order valence-electron chi connectivity index (χ1n) is 8.66. The molecule has 0 radical (unpaired) electrons. The van der Waals surface area contributed by atoms with Crippen molar-refractivity contribution in [2.24, 2.45) is 5.92 Å². The van der Waals surface area contributed by atoms with Gasteiger partial charge in [-0.1, -0.05) is 18.0 Å². The van der Waals surface area contributed by atoms with Gasteiger partial charge in [0.1, 0.15) is 6.04 Å². The van der Waals surface area contributed by atoms with Gasteiger partial charge in [0.25, 0.3) is 0 Å². The maximum atomic E-state index is 11.6. The smallest absolute Gasteiger partial charge is 0.249 e. The lowest BCUT2D eigenvalue weighted by Gasteiger charge is -2.20. The molecule has 3 aromatic rings. The average molecular weight is 339 g/mol. The number of fused-ring (bicyclic) bond motifs is 1. The number of benzene rings is 1. The molecule has 0 spiro atoms. The van der Waals surface area contributed by atoms with E-state index in [-0.39, 0.29) is 11.9 Å². The zero-order chi connectivity index (χ0) is 17.4. The first-order valence-corrected chi connectivity index (χ1v) is 8.66. The summed E-state index contributed by atoms with van der Waals surface area (Å²) in [5.74, 6) is 1.29. The Hall–Kier alpha value is -2.70. The summed E-state index contributed by atoms with van der Waals surface area (Å²) in [6.45, 7) is 3.53. The normalized spacial score (nSPS) is 16.4. The Morgan fingerprint density at radius 3 is 2.92 bits per heavy atom. The van der Waals surface area contributed by atoms with E-state index in [1.165, 1.54) is 19.8 Å². The number of hydrogen-bond acceptors (Lipinski definition) is 5. The predicted octanol–water partition coefficient (Wildman–Crippen LogP) is 3.29. The molecular weight excluding hydrogens is 318 g/mol. The highest BCUT2D eigenvalue weighted by atomic mass is 16.5. The lowest BCUT2D eigenvalue weighted by molar-refractivity contribution is -0.120. The fraction of sp³-hybridized carbons (Fsp3) is 0.444. The molecule has 1 aliphatic rings. The number of nitrogens with one attached hydrogen (secondary N) is 2. The molecule has 0 bridgehead atoms. The van der Waals surface area contributed by atoms with Gasteiger partial charge in [-0.15, -0.1) is 0 Å². The largest absolute Gasteiger partial charge is 0.345 e. The molecule has 0 aliphatic heterocycles. The number of rotatable bonds is 4. The van der Waals surface area contributed by atoms with Crippen LogP contribution in [0.1, 0.15) is 50.1 Å². The van der Waals surface area contributed by atoms with E-state index in [9.17, 15) is 4.79 Å². The summed E-state index contributed by atoms with van der Waals surface area (Å²) < 4.78 is 5.53. The molecule has 7 heteroatoms. The molecular formula is C18H21N5O2. The van der Waals surface area contributed by atoms with E-state index < -0.39 is 0 Å². The van der Waals surface area contributed by atoms with Crippen LogP contribution in [0.15, 0.2) is 23.0 Å². The minimum atomic E-state index is -0.210. The quantitative estimate of drug-likeness (QED) is 0.760. The van der Waals surface area contributed by atoms with Gasteiger partial charge in [0.15, 0.2) is 0 Å². The Bertz CT molecular complexity index is 907. The van der Waals surface area contributed by atoms with Crippen molar-refractivity contribution < 1.29 is 9.32 Å². The Balaban J connectivity index is 1.68. The van der Waals surface area contributed by atoms with Crippen LogP contribution in [0, 0.1) is 12.8 Å². The van der Waals surface area contributed by atoms with Crippen molar-refractivity contribution in [2.75, 3.05) is 0 Å². The Morgan fingerprint density at radius 2 is 2.16 bits per heavy atom. The van der Waals surface area contributed by atoms with Gasteiger partial charge in [0.2, 0.25) is 17.6 Å². The second kappa shape index (κ2) is 6.31. The summed E-state index contributed by atoms with van der Waals surface area (Å²) in [6.07, 6.45) is 6.18. The number of imidazole rings is 1. The monoisotopic (exact) mass is 339 g/mol. The fourth-order valence-electron chi connectivity index (χ4n) is 3.73. The molecule has 4 rings (SSSR count). The fourth-order valence-corrected chi connectivity index (χ4v) is 3.73. The predicted molar refractivity (Wildman–Crippen MR) is 92.6 cm³/mol. The molecule has 2 N–H and O–H groups in total. The number of aryl methyl sites for hydroxylation is 1. The minimum absolute atomic E-state index is 0.0774. The van der Waals surface area contributed by atoms with Gasteiger partial charge in [0, 0.05) is 12.5 Å². The molecule has 0 saturated heterocycles. The minimum Gasteiger partial charge on any atom is -0.345 e. The van der Waals surface area contributed by atoms with Crippen molar-refractivity contribution in [3.8, 4) is 11.4 Å². The number of aromatic amines is 1. The lowest BCUT2D eigenvalue weighted by atomic mass is 9.98. The number of amides is 1. The summed E-state index contributed by atoms with van der Waals surface area (Å²) in [6, 6.07) is 3.76. The summed E-state index contributed by atoms with van der Waals surface area (Å²) in [7, 11) is 0. The van der Waals surface area contributed by atoms with Crippen molar-refractivity contribution in [1.82, 2.24) is 25.4 Å². The highest BCUT2D eigenvalue weighted by Gasteiger charge is 2.31. The van der Waals surface area contributed by atoms with Crippen LogP contribution in [0.2, 0.25) is 0 Å². The number of carbonyl (C=O) groups is 1. The van der Waals surface area contributed by atoms with Gasteiger partial charge < -0.3 is 14.8 Å². The van der Waals surface area contributed by atoms with Gasteiger partial charge in [0.05, 0.1) is 17.4 Å². The molecule has 1 aromatic carbocycles. The molecule has 2 aromatic heterocycles. The van der Waals surface area contributed by atoms with Gasteiger partial charge in [-0.25, -0.2) is 4.98 Å². The molecule has 1 atom stereocenters. The zero-order valence-corrected chi connectivity index (χ0v) is 14.4. The van der Waals surface area contributed by atoms with Crippen LogP contribution < -0.4 is 5.32 Å². The van der Waals surface area contributed by atoms with Crippen molar-refractivity contribution in [2.45, 2.75) is 45.6 Å². The van der Waals surface area contributed by atoms with Crippen LogP contribution in [0.25, 0.3) is 22.4 Å². The van der Waals surface area contributed by atoms with Crippen molar-refractivity contribution >= 4 is 16.9 Å². The van der Waals surface area contributed by atoms with Crippen LogP contribution in [-0.4, -0.2) is 26.0 Å². The first kappa shape index (κ1) is 15.8. The molecule has 25 heavy (non-hydrogen) atoms. The number of H-pyrrole nitrogens is 1. The number of carbonyl (C=O) groups excluding carboxylic acids is 1. The molecule has 1 aliphatic carbocycles. The van der Waals surface area contributed by atoms with E-state index in [0.717, 1.165) is 35.0 Å². The Labute approximate surface area is 145 Å². The second-order valence-electron chi connectivity index (χ2n) is 6.77. The lowest BCUT2D eigenvalue weighted by Crippen LogP contribution is -2.31. The van der Waals surface area contributed by atoms with Gasteiger partial charge in [-0.05, 0) is 43.4 Å². The van der Waals surface area contributed by atoms with E-state index >= 15 is 0 Å². The molecule has 7 nitrogen and oxygen atoms in total. The number of hydrogen-bond donors (Lipinski definition) is 2. The van der Waals surface area contributed by atoms with Crippen LogP contribution in [0.4, 0.5) is 0 Å². The topological polar surface area (TPSA) is 96.7 Å². The highest BCUT2D eigenvalue weighted by molar-refractivity contribution is 5.83. The van der Waals surface area contributed by atoms with Gasteiger partial charge in [-0.2, -0.15) is 4.98 Å². The second-order valence-corrected chi connectivity index (χ2v) is 6.77. The number of aromatic nitrogens is 4. The summed E-state index contributed by atoms with van der Waals surface area (Å²) in [5.41, 5.74) is 3.80. The van der Waals surface area contributed by atoms with E-state index in [2.05, 4.69) is 25.4 Å². The standard InChI is InChI=1S/C18H21N5O2/c1-10-7-13(8-14-15(10)20-9-19-14)17-22-18(25-23-17)16(21-11(2)24)12-5-3-4-6-12/h7-9,12,16H,3-6H2,1-2H3,(H,19,20)(H,21,24). The summed E-state index contributed by atoms with van der Waals surface area (Å²) in [4.78, 5) is 23.6. The van der Waals surface area contributed by atoms with Gasteiger partial charge in [-0.3, -0.25) is 4.79 Å². The van der Waals surface area contributed by atoms with Crippen LogP contribution in [0.3, 0.4) is 0 Å². The van der Waals surface area contributed by atoms with E-state index in [1.807, 2.05) is 19.1 Å². The van der Waals surface area contributed by atoms with Crippen molar-refractivity contribution in [1.29, 1.82) is 0 Å².